The van der Waals surface area contributed by atoms with Crippen molar-refractivity contribution in [3.8, 4) is 0 Å². The van der Waals surface area contributed by atoms with Gasteiger partial charge < -0.3 is 5.73 Å². The molecule has 0 aliphatic carbocycles. The molecule has 0 spiro atoms. The first-order valence-electron chi connectivity index (χ1n) is 5.25. The second kappa shape index (κ2) is 3.44. The summed E-state index contributed by atoms with van der Waals surface area (Å²) in [4.78, 5) is 4.10. The summed E-state index contributed by atoms with van der Waals surface area (Å²) in [5, 5.41) is 0.529. The van der Waals surface area contributed by atoms with Crippen molar-refractivity contribution in [1.82, 2.24) is 4.98 Å². The van der Waals surface area contributed by atoms with Crippen LogP contribution >= 0.6 is 0 Å². The van der Waals surface area contributed by atoms with E-state index in [4.69, 9.17) is 5.73 Å². The average Bonchev–Trinajstić information content (AvgIpc) is 2.15. The van der Waals surface area contributed by atoms with Crippen LogP contribution in [-0.4, -0.2) is 4.98 Å². The molecule has 0 radical (unpaired) electrons. The van der Waals surface area contributed by atoms with E-state index in [0.717, 1.165) is 0 Å². The van der Waals surface area contributed by atoms with E-state index in [1.165, 1.54) is 0 Å². The molecule has 0 bridgehead atoms. The SMILES string of the molecule is CC(C)(C)c1ccc2nc(N)ccc2c1F. The number of anilines is 1. The summed E-state index contributed by atoms with van der Waals surface area (Å²) in [7, 11) is 0. The van der Waals surface area contributed by atoms with E-state index in [2.05, 4.69) is 4.98 Å². The molecule has 84 valence electrons. The Morgan fingerprint density at radius 3 is 2.44 bits per heavy atom. The van der Waals surface area contributed by atoms with Crippen molar-refractivity contribution in [2.75, 3.05) is 5.73 Å². The Kier molecular flexibility index (Phi) is 2.34. The van der Waals surface area contributed by atoms with Crippen LogP contribution in [0.1, 0.15) is 26.3 Å². The number of hydrogen-bond donors (Lipinski definition) is 1. The first kappa shape index (κ1) is 10.9. The molecule has 2 nitrogen and oxygen atoms in total. The number of pyridine rings is 1. The Bertz CT molecular complexity index is 541. The third-order valence-electron chi connectivity index (χ3n) is 2.64. The highest BCUT2D eigenvalue weighted by Gasteiger charge is 2.20. The summed E-state index contributed by atoms with van der Waals surface area (Å²) >= 11 is 0. The van der Waals surface area contributed by atoms with Crippen LogP contribution < -0.4 is 5.73 Å². The topological polar surface area (TPSA) is 38.9 Å². The fourth-order valence-corrected chi connectivity index (χ4v) is 1.76. The highest BCUT2D eigenvalue weighted by molar-refractivity contribution is 5.81. The zero-order valence-electron chi connectivity index (χ0n) is 9.71. The maximum atomic E-state index is 14.2. The third-order valence-corrected chi connectivity index (χ3v) is 2.64. The molecule has 1 heterocycles. The number of fused-ring (bicyclic) bond motifs is 1. The number of benzene rings is 1. The van der Waals surface area contributed by atoms with Crippen LogP contribution in [0.3, 0.4) is 0 Å². The van der Waals surface area contributed by atoms with Crippen molar-refractivity contribution in [3.05, 3.63) is 35.6 Å². The monoisotopic (exact) mass is 218 g/mol. The van der Waals surface area contributed by atoms with Crippen LogP contribution in [0.4, 0.5) is 10.2 Å². The number of aromatic nitrogens is 1. The van der Waals surface area contributed by atoms with E-state index in [-0.39, 0.29) is 11.2 Å². The molecule has 1 aromatic carbocycles. The minimum absolute atomic E-state index is 0.197. The second-order valence-corrected chi connectivity index (χ2v) is 4.98. The summed E-state index contributed by atoms with van der Waals surface area (Å²) in [5.74, 6) is 0.216. The summed E-state index contributed by atoms with van der Waals surface area (Å²) in [6, 6.07) is 6.90. The molecule has 16 heavy (non-hydrogen) atoms. The third kappa shape index (κ3) is 1.73. The molecule has 3 heteroatoms. The van der Waals surface area contributed by atoms with Gasteiger partial charge in [-0.2, -0.15) is 0 Å². The lowest BCUT2D eigenvalue weighted by atomic mass is 9.86. The van der Waals surface area contributed by atoms with Gasteiger partial charge in [-0.15, -0.1) is 0 Å². The first-order valence-corrected chi connectivity index (χ1v) is 5.25. The molecule has 0 saturated heterocycles. The van der Waals surface area contributed by atoms with Crippen molar-refractivity contribution >= 4 is 16.7 Å². The number of nitrogens with zero attached hydrogens (tertiary/aromatic N) is 1. The van der Waals surface area contributed by atoms with Gasteiger partial charge in [-0.05, 0) is 29.2 Å². The van der Waals surface area contributed by atoms with Gasteiger partial charge in [0.1, 0.15) is 11.6 Å². The molecule has 2 rings (SSSR count). The zero-order valence-corrected chi connectivity index (χ0v) is 9.71. The Labute approximate surface area is 94.3 Å². The molecule has 0 unspecified atom stereocenters. The van der Waals surface area contributed by atoms with Crippen LogP contribution in [0.15, 0.2) is 24.3 Å². The summed E-state index contributed by atoms with van der Waals surface area (Å²) in [6.45, 7) is 5.96. The summed E-state index contributed by atoms with van der Waals surface area (Å²) in [6.07, 6.45) is 0. The predicted molar refractivity (Wildman–Crippen MR) is 64.8 cm³/mol. The lowest BCUT2D eigenvalue weighted by molar-refractivity contribution is 0.529. The first-order chi connectivity index (χ1) is 7.39. The standard InChI is InChI=1S/C13H15FN2/c1-13(2,3)9-5-6-10-8(12(9)14)4-7-11(15)16-10/h4-7H,1-3H3,(H2,15,16). The van der Waals surface area contributed by atoms with E-state index in [1.807, 2.05) is 26.8 Å². The average molecular weight is 218 g/mol. The number of rotatable bonds is 0. The molecule has 0 fully saturated rings. The number of nitrogen functional groups attached to an aromatic ring is 1. The van der Waals surface area contributed by atoms with Crippen LogP contribution in [0.5, 0.6) is 0 Å². The highest BCUT2D eigenvalue weighted by atomic mass is 19.1. The molecule has 0 aliphatic heterocycles. The molecule has 0 aliphatic rings. The van der Waals surface area contributed by atoms with Crippen LogP contribution in [0, 0.1) is 5.82 Å². The van der Waals surface area contributed by atoms with Gasteiger partial charge in [0.25, 0.3) is 0 Å². The van der Waals surface area contributed by atoms with Gasteiger partial charge >= 0.3 is 0 Å². The number of nitrogens with two attached hydrogens (primary N) is 1. The maximum absolute atomic E-state index is 14.2. The smallest absolute Gasteiger partial charge is 0.136 e. The molecule has 0 atom stereocenters. The number of halogens is 1. The largest absolute Gasteiger partial charge is 0.384 e. The summed E-state index contributed by atoms with van der Waals surface area (Å²) < 4.78 is 14.2. The maximum Gasteiger partial charge on any atom is 0.136 e. The van der Waals surface area contributed by atoms with Gasteiger partial charge in [-0.1, -0.05) is 26.8 Å². The van der Waals surface area contributed by atoms with Crippen LogP contribution in [0.25, 0.3) is 10.9 Å². The van der Waals surface area contributed by atoms with Gasteiger partial charge in [0.15, 0.2) is 0 Å². The summed E-state index contributed by atoms with van der Waals surface area (Å²) in [5.41, 5.74) is 6.66. The van der Waals surface area contributed by atoms with Crippen LogP contribution in [0.2, 0.25) is 0 Å². The van der Waals surface area contributed by atoms with E-state index in [9.17, 15) is 4.39 Å². The molecule has 0 saturated carbocycles. The van der Waals surface area contributed by atoms with Gasteiger partial charge in [-0.3, -0.25) is 0 Å². The molecule has 2 aromatic rings. The fraction of sp³-hybridized carbons (Fsp3) is 0.308. The Morgan fingerprint density at radius 2 is 1.81 bits per heavy atom. The number of hydrogen-bond acceptors (Lipinski definition) is 2. The molecular weight excluding hydrogens is 203 g/mol. The Hall–Kier alpha value is -1.64. The highest BCUT2D eigenvalue weighted by Crippen LogP contribution is 2.29. The quantitative estimate of drug-likeness (QED) is 0.737. The van der Waals surface area contributed by atoms with Crippen molar-refractivity contribution in [2.24, 2.45) is 0 Å². The molecule has 1 aromatic heterocycles. The van der Waals surface area contributed by atoms with Crippen molar-refractivity contribution in [1.29, 1.82) is 0 Å². The molecule has 2 N–H and O–H groups in total. The van der Waals surface area contributed by atoms with Crippen molar-refractivity contribution in [2.45, 2.75) is 26.2 Å². The lowest BCUT2D eigenvalue weighted by Gasteiger charge is -2.20. The van der Waals surface area contributed by atoms with Crippen molar-refractivity contribution in [3.63, 3.8) is 0 Å². The predicted octanol–water partition coefficient (Wildman–Crippen LogP) is 3.25. The minimum atomic E-state index is -0.209. The molecule has 0 amide bonds. The van der Waals surface area contributed by atoms with Gasteiger partial charge in [0.2, 0.25) is 0 Å². The Morgan fingerprint density at radius 1 is 1.12 bits per heavy atom. The van der Waals surface area contributed by atoms with E-state index >= 15 is 0 Å². The second-order valence-electron chi connectivity index (χ2n) is 4.98. The van der Waals surface area contributed by atoms with E-state index < -0.39 is 0 Å². The van der Waals surface area contributed by atoms with Crippen LogP contribution in [-0.2, 0) is 5.41 Å². The van der Waals surface area contributed by atoms with E-state index in [0.29, 0.717) is 22.3 Å². The van der Waals surface area contributed by atoms with Gasteiger partial charge in [-0.25, -0.2) is 9.37 Å². The van der Waals surface area contributed by atoms with Crippen molar-refractivity contribution < 1.29 is 4.39 Å². The normalized spacial score (nSPS) is 12.0. The lowest BCUT2D eigenvalue weighted by Crippen LogP contribution is -2.13. The fourth-order valence-electron chi connectivity index (χ4n) is 1.76. The zero-order chi connectivity index (χ0) is 11.9. The molecular formula is C13H15FN2. The van der Waals surface area contributed by atoms with Gasteiger partial charge in [0, 0.05) is 5.39 Å². The van der Waals surface area contributed by atoms with E-state index in [1.54, 1.807) is 18.2 Å². The Balaban J connectivity index is 2.75. The minimum Gasteiger partial charge on any atom is -0.384 e. The van der Waals surface area contributed by atoms with Gasteiger partial charge in [0.05, 0.1) is 5.52 Å².